The number of esters is 2. The zero-order chi connectivity index (χ0) is 27.6. The molecule has 0 atom stereocenters. The molecule has 0 saturated carbocycles. The van der Waals surface area contributed by atoms with Crippen molar-refractivity contribution in [1.29, 1.82) is 0 Å². The fourth-order valence-electron chi connectivity index (χ4n) is 3.94. The number of ether oxygens (including phenoxy) is 3. The SMILES string of the molecule is C=CC(=O)OCCCCCCCCC/C=C/C(=O)OCCOc1cc(C)c(C(=O)c2ccccc2)cc1C. The predicted molar refractivity (Wildman–Crippen MR) is 149 cm³/mol. The van der Waals surface area contributed by atoms with Gasteiger partial charge in [-0.1, -0.05) is 75.1 Å². The minimum atomic E-state index is -0.373. The molecule has 2 rings (SSSR count). The maximum absolute atomic E-state index is 12.8. The summed E-state index contributed by atoms with van der Waals surface area (Å²) in [7, 11) is 0. The molecular formula is C32H40O6. The first-order chi connectivity index (χ1) is 18.4. The summed E-state index contributed by atoms with van der Waals surface area (Å²) in [6.07, 6.45) is 12.9. The summed E-state index contributed by atoms with van der Waals surface area (Å²) in [5.74, 6) is -0.0721. The minimum absolute atomic E-state index is 0.0147. The normalized spacial score (nSPS) is 10.8. The Morgan fingerprint density at radius 3 is 2.13 bits per heavy atom. The van der Waals surface area contributed by atoms with Crippen LogP contribution in [-0.2, 0) is 19.1 Å². The summed E-state index contributed by atoms with van der Waals surface area (Å²) in [5, 5.41) is 0. The maximum atomic E-state index is 12.8. The van der Waals surface area contributed by atoms with Crippen LogP contribution in [0.15, 0.2) is 67.3 Å². The van der Waals surface area contributed by atoms with Crippen LogP contribution in [-0.4, -0.2) is 37.5 Å². The van der Waals surface area contributed by atoms with Gasteiger partial charge in [-0.05, 0) is 56.4 Å². The van der Waals surface area contributed by atoms with Crippen LogP contribution in [0.4, 0.5) is 0 Å². The van der Waals surface area contributed by atoms with Crippen molar-refractivity contribution >= 4 is 17.7 Å². The molecule has 0 aliphatic carbocycles. The number of carbonyl (C=O) groups excluding carboxylic acids is 3. The molecule has 38 heavy (non-hydrogen) atoms. The second-order valence-electron chi connectivity index (χ2n) is 9.18. The van der Waals surface area contributed by atoms with Crippen LogP contribution in [0.25, 0.3) is 0 Å². The van der Waals surface area contributed by atoms with Crippen molar-refractivity contribution in [2.75, 3.05) is 19.8 Å². The number of aryl methyl sites for hydroxylation is 2. The van der Waals surface area contributed by atoms with E-state index in [1.54, 1.807) is 0 Å². The van der Waals surface area contributed by atoms with Crippen LogP contribution in [0.3, 0.4) is 0 Å². The molecule has 0 aliphatic heterocycles. The fourth-order valence-corrected chi connectivity index (χ4v) is 3.94. The average molecular weight is 521 g/mol. The predicted octanol–water partition coefficient (Wildman–Crippen LogP) is 6.86. The largest absolute Gasteiger partial charge is 0.490 e. The number of benzene rings is 2. The van der Waals surface area contributed by atoms with E-state index < -0.39 is 0 Å². The number of ketones is 1. The number of hydrogen-bond acceptors (Lipinski definition) is 6. The molecule has 0 unspecified atom stereocenters. The Hall–Kier alpha value is -3.67. The molecule has 0 amide bonds. The molecule has 0 radical (unpaired) electrons. The van der Waals surface area contributed by atoms with Crippen molar-refractivity contribution in [3.05, 3.63) is 89.5 Å². The molecule has 0 fully saturated rings. The molecule has 6 nitrogen and oxygen atoms in total. The molecule has 0 spiro atoms. The van der Waals surface area contributed by atoms with Gasteiger partial charge < -0.3 is 14.2 Å². The van der Waals surface area contributed by atoms with Gasteiger partial charge in [-0.15, -0.1) is 0 Å². The number of carbonyl (C=O) groups is 3. The number of unbranched alkanes of at least 4 members (excludes halogenated alkanes) is 7. The number of allylic oxidation sites excluding steroid dienone is 1. The van der Waals surface area contributed by atoms with Crippen LogP contribution in [0.1, 0.15) is 78.4 Å². The Morgan fingerprint density at radius 1 is 0.763 bits per heavy atom. The molecule has 0 saturated heterocycles. The summed E-state index contributed by atoms with van der Waals surface area (Å²) in [4.78, 5) is 35.6. The second kappa shape index (κ2) is 17.7. The van der Waals surface area contributed by atoms with Crippen LogP contribution < -0.4 is 4.74 Å². The van der Waals surface area contributed by atoms with Gasteiger partial charge in [0, 0.05) is 23.3 Å². The van der Waals surface area contributed by atoms with Gasteiger partial charge in [0.15, 0.2) is 5.78 Å². The van der Waals surface area contributed by atoms with E-state index in [4.69, 9.17) is 14.2 Å². The lowest BCUT2D eigenvalue weighted by Gasteiger charge is -2.13. The van der Waals surface area contributed by atoms with E-state index in [1.807, 2.05) is 62.4 Å². The Kier molecular flexibility index (Phi) is 14.3. The summed E-state index contributed by atoms with van der Waals surface area (Å²) >= 11 is 0. The summed E-state index contributed by atoms with van der Waals surface area (Å²) < 4.78 is 16.0. The first-order valence-electron chi connectivity index (χ1n) is 13.4. The third-order valence-corrected chi connectivity index (χ3v) is 6.07. The second-order valence-corrected chi connectivity index (χ2v) is 9.18. The van der Waals surface area contributed by atoms with E-state index in [0.29, 0.717) is 23.5 Å². The van der Waals surface area contributed by atoms with E-state index in [2.05, 4.69) is 6.58 Å². The highest BCUT2D eigenvalue weighted by atomic mass is 16.6. The van der Waals surface area contributed by atoms with Gasteiger partial charge in [0.05, 0.1) is 6.61 Å². The molecule has 2 aromatic rings. The highest BCUT2D eigenvalue weighted by Gasteiger charge is 2.14. The lowest BCUT2D eigenvalue weighted by Crippen LogP contribution is -2.11. The smallest absolute Gasteiger partial charge is 0.330 e. The highest BCUT2D eigenvalue weighted by molar-refractivity contribution is 6.10. The van der Waals surface area contributed by atoms with Gasteiger partial charge in [-0.3, -0.25) is 4.79 Å². The Bertz CT molecular complexity index is 1070. The third kappa shape index (κ3) is 11.6. The van der Waals surface area contributed by atoms with Crippen molar-refractivity contribution in [3.8, 4) is 5.75 Å². The van der Waals surface area contributed by atoms with Crippen molar-refractivity contribution in [1.82, 2.24) is 0 Å². The Morgan fingerprint density at radius 2 is 1.42 bits per heavy atom. The Balaban J connectivity index is 1.56. The molecule has 204 valence electrons. The Labute approximate surface area is 226 Å². The topological polar surface area (TPSA) is 78.9 Å². The van der Waals surface area contributed by atoms with Gasteiger partial charge in [0.25, 0.3) is 0 Å². The van der Waals surface area contributed by atoms with Crippen molar-refractivity contribution in [2.24, 2.45) is 0 Å². The molecule has 0 bridgehead atoms. The average Bonchev–Trinajstić information content (AvgIpc) is 2.93. The van der Waals surface area contributed by atoms with Crippen LogP contribution in [0.5, 0.6) is 5.75 Å². The molecule has 6 heteroatoms. The molecule has 0 aromatic heterocycles. The number of hydrogen-bond donors (Lipinski definition) is 0. The number of rotatable bonds is 18. The van der Waals surface area contributed by atoms with E-state index in [-0.39, 0.29) is 30.9 Å². The zero-order valence-electron chi connectivity index (χ0n) is 22.7. The van der Waals surface area contributed by atoms with Crippen LogP contribution in [0, 0.1) is 13.8 Å². The van der Waals surface area contributed by atoms with E-state index >= 15 is 0 Å². The van der Waals surface area contributed by atoms with Gasteiger partial charge in [-0.2, -0.15) is 0 Å². The van der Waals surface area contributed by atoms with Crippen molar-refractivity contribution in [2.45, 2.75) is 65.2 Å². The fraction of sp³-hybridized carbons (Fsp3) is 0.406. The lowest BCUT2D eigenvalue weighted by molar-refractivity contribution is -0.139. The van der Waals surface area contributed by atoms with Gasteiger partial charge in [0.1, 0.15) is 19.0 Å². The van der Waals surface area contributed by atoms with Crippen molar-refractivity contribution in [3.63, 3.8) is 0 Å². The molecule has 0 aliphatic rings. The van der Waals surface area contributed by atoms with Crippen LogP contribution >= 0.6 is 0 Å². The van der Waals surface area contributed by atoms with E-state index in [0.717, 1.165) is 62.5 Å². The third-order valence-electron chi connectivity index (χ3n) is 6.07. The van der Waals surface area contributed by atoms with Crippen LogP contribution in [0.2, 0.25) is 0 Å². The maximum Gasteiger partial charge on any atom is 0.330 e. The first kappa shape index (κ1) is 30.6. The lowest BCUT2D eigenvalue weighted by atomic mass is 9.97. The summed E-state index contributed by atoms with van der Waals surface area (Å²) in [6.45, 7) is 8.00. The molecule has 0 N–H and O–H groups in total. The van der Waals surface area contributed by atoms with E-state index in [1.165, 1.54) is 12.2 Å². The summed E-state index contributed by atoms with van der Waals surface area (Å²) in [5.41, 5.74) is 3.00. The summed E-state index contributed by atoms with van der Waals surface area (Å²) in [6, 6.07) is 12.9. The van der Waals surface area contributed by atoms with Crippen molar-refractivity contribution < 1.29 is 28.6 Å². The molecule has 2 aromatic carbocycles. The molecular weight excluding hydrogens is 480 g/mol. The highest BCUT2D eigenvalue weighted by Crippen LogP contribution is 2.25. The quantitative estimate of drug-likeness (QED) is 0.0924. The molecule has 0 heterocycles. The van der Waals surface area contributed by atoms with E-state index in [9.17, 15) is 14.4 Å². The first-order valence-corrected chi connectivity index (χ1v) is 13.4. The monoisotopic (exact) mass is 520 g/mol. The van der Waals surface area contributed by atoms with Gasteiger partial charge >= 0.3 is 11.9 Å². The van der Waals surface area contributed by atoms with Gasteiger partial charge in [0.2, 0.25) is 0 Å². The standard InChI is InChI=1S/C32H40O6/c1-4-30(33)37-20-16-11-9-7-5-6-8-10-15-19-31(34)38-22-21-36-29-24-25(2)28(23-26(29)3)32(35)27-17-13-12-14-18-27/h4,12-15,17-19,23-24H,1,5-11,16,20-22H2,2-3H3/b19-15+. The zero-order valence-corrected chi connectivity index (χ0v) is 22.7. The van der Waals surface area contributed by atoms with Gasteiger partial charge in [-0.25, -0.2) is 9.59 Å². The minimum Gasteiger partial charge on any atom is -0.490 e.